The van der Waals surface area contributed by atoms with Crippen molar-refractivity contribution in [1.82, 2.24) is 15.0 Å². The summed E-state index contributed by atoms with van der Waals surface area (Å²) in [5.74, 6) is 0. The zero-order chi connectivity index (χ0) is 15.6. The molecule has 1 rings (SSSR count). The van der Waals surface area contributed by atoms with Crippen LogP contribution in [0.2, 0.25) is 0 Å². The van der Waals surface area contributed by atoms with Gasteiger partial charge in [0, 0.05) is 12.7 Å². The number of azo groups is 1. The van der Waals surface area contributed by atoms with Gasteiger partial charge in [-0.05, 0) is 26.7 Å². The first-order valence-corrected chi connectivity index (χ1v) is 7.64. The van der Waals surface area contributed by atoms with Crippen LogP contribution in [-0.4, -0.2) is 26.6 Å². The monoisotopic (exact) mass is 293 g/mol. The Balaban J connectivity index is 2.03. The minimum Gasteiger partial charge on any atom is -0.384 e. The molecule has 0 radical (unpaired) electrons. The molecule has 1 aromatic heterocycles. The standard InChI is InChI=1S/C15H27N5O/c1-4-16-17-11-9-7-5-6-8-10-12-20-13-14(18-19-20)15(2,3)21/h4,13,21H,1,5-12H2,2-3H3. The number of unbranched alkanes of at least 4 members (excludes halogenated alkanes) is 5. The fraction of sp³-hybridized carbons (Fsp3) is 0.733. The van der Waals surface area contributed by atoms with Crippen LogP contribution in [0.4, 0.5) is 0 Å². The van der Waals surface area contributed by atoms with E-state index in [-0.39, 0.29) is 0 Å². The number of aromatic nitrogens is 3. The van der Waals surface area contributed by atoms with Crippen LogP contribution in [-0.2, 0) is 12.1 Å². The fourth-order valence-corrected chi connectivity index (χ4v) is 1.97. The van der Waals surface area contributed by atoms with Crippen molar-refractivity contribution in [3.05, 3.63) is 24.7 Å². The molecule has 0 aliphatic heterocycles. The summed E-state index contributed by atoms with van der Waals surface area (Å²) >= 11 is 0. The second kappa shape index (κ2) is 9.39. The summed E-state index contributed by atoms with van der Waals surface area (Å²) in [5.41, 5.74) is -0.294. The lowest BCUT2D eigenvalue weighted by molar-refractivity contribution is 0.0737. The largest absolute Gasteiger partial charge is 0.384 e. The molecule has 0 bridgehead atoms. The predicted octanol–water partition coefficient (Wildman–Crippen LogP) is 3.44. The van der Waals surface area contributed by atoms with Crippen molar-refractivity contribution >= 4 is 0 Å². The topological polar surface area (TPSA) is 75.7 Å². The molecule has 118 valence electrons. The normalized spacial score (nSPS) is 12.1. The van der Waals surface area contributed by atoms with E-state index in [0.717, 1.165) is 25.9 Å². The van der Waals surface area contributed by atoms with Crippen LogP contribution in [0.25, 0.3) is 0 Å². The Labute approximate surface area is 127 Å². The van der Waals surface area contributed by atoms with Crippen molar-refractivity contribution < 1.29 is 5.11 Å². The number of aryl methyl sites for hydroxylation is 1. The molecule has 0 aromatic carbocycles. The Hall–Kier alpha value is -1.56. The average molecular weight is 293 g/mol. The first kappa shape index (κ1) is 17.5. The quantitative estimate of drug-likeness (QED) is 0.501. The Morgan fingerprint density at radius 2 is 1.90 bits per heavy atom. The van der Waals surface area contributed by atoms with Crippen molar-refractivity contribution in [3.63, 3.8) is 0 Å². The van der Waals surface area contributed by atoms with Gasteiger partial charge in [-0.15, -0.1) is 5.10 Å². The average Bonchev–Trinajstić information content (AvgIpc) is 2.90. The molecule has 0 amide bonds. The number of hydrogen-bond donors (Lipinski definition) is 1. The van der Waals surface area contributed by atoms with Crippen molar-refractivity contribution in [2.24, 2.45) is 10.2 Å². The summed E-state index contributed by atoms with van der Waals surface area (Å²) in [7, 11) is 0. The molecule has 0 fully saturated rings. The molecule has 0 saturated heterocycles. The second-order valence-electron chi connectivity index (χ2n) is 5.71. The van der Waals surface area contributed by atoms with Gasteiger partial charge in [-0.1, -0.05) is 37.5 Å². The highest BCUT2D eigenvalue weighted by atomic mass is 16.3. The molecular formula is C15H27N5O. The van der Waals surface area contributed by atoms with E-state index < -0.39 is 5.60 Å². The Morgan fingerprint density at radius 3 is 2.52 bits per heavy atom. The minimum absolute atomic E-state index is 0.621. The molecule has 0 unspecified atom stereocenters. The molecule has 1 aromatic rings. The van der Waals surface area contributed by atoms with Gasteiger partial charge in [0.1, 0.15) is 11.3 Å². The number of rotatable bonds is 11. The number of hydrogen-bond acceptors (Lipinski definition) is 5. The van der Waals surface area contributed by atoms with E-state index in [0.29, 0.717) is 5.69 Å². The van der Waals surface area contributed by atoms with Crippen LogP contribution in [0, 0.1) is 0 Å². The van der Waals surface area contributed by atoms with Gasteiger partial charge >= 0.3 is 0 Å². The van der Waals surface area contributed by atoms with Crippen molar-refractivity contribution in [2.75, 3.05) is 6.54 Å². The van der Waals surface area contributed by atoms with Crippen molar-refractivity contribution in [3.8, 4) is 0 Å². The summed E-state index contributed by atoms with van der Waals surface area (Å²) in [5, 5.41) is 25.5. The van der Waals surface area contributed by atoms with Gasteiger partial charge < -0.3 is 5.11 Å². The highest BCUT2D eigenvalue weighted by molar-refractivity contribution is 5.02. The van der Waals surface area contributed by atoms with Crippen molar-refractivity contribution in [1.29, 1.82) is 0 Å². The lowest BCUT2D eigenvalue weighted by atomic mass is 10.1. The minimum atomic E-state index is -0.915. The smallest absolute Gasteiger partial charge is 0.114 e. The SMILES string of the molecule is C=CN=NCCCCCCCCn1cc(C(C)(C)O)nn1. The summed E-state index contributed by atoms with van der Waals surface area (Å²) < 4.78 is 1.81. The molecule has 6 nitrogen and oxygen atoms in total. The van der Waals surface area contributed by atoms with Crippen LogP contribution < -0.4 is 0 Å². The summed E-state index contributed by atoms with van der Waals surface area (Å²) in [6.07, 6.45) is 10.3. The van der Waals surface area contributed by atoms with E-state index in [2.05, 4.69) is 27.1 Å². The third-order valence-electron chi connectivity index (χ3n) is 3.22. The molecular weight excluding hydrogens is 266 g/mol. The molecule has 21 heavy (non-hydrogen) atoms. The summed E-state index contributed by atoms with van der Waals surface area (Å²) in [6, 6.07) is 0. The molecule has 0 aliphatic carbocycles. The van der Waals surface area contributed by atoms with Gasteiger partial charge in [-0.25, -0.2) is 0 Å². The molecule has 0 saturated carbocycles. The highest BCUT2D eigenvalue weighted by Crippen LogP contribution is 2.16. The van der Waals surface area contributed by atoms with Crippen LogP contribution >= 0.6 is 0 Å². The Kier molecular flexibility index (Phi) is 7.82. The fourth-order valence-electron chi connectivity index (χ4n) is 1.97. The van der Waals surface area contributed by atoms with E-state index in [9.17, 15) is 5.11 Å². The van der Waals surface area contributed by atoms with Crippen molar-refractivity contribution in [2.45, 2.75) is 64.5 Å². The molecule has 0 aliphatic rings. The van der Waals surface area contributed by atoms with Crippen LogP contribution in [0.1, 0.15) is 58.1 Å². The summed E-state index contributed by atoms with van der Waals surface area (Å²) in [6.45, 7) is 8.57. The lowest BCUT2D eigenvalue weighted by Gasteiger charge is -2.11. The first-order chi connectivity index (χ1) is 10.0. The first-order valence-electron chi connectivity index (χ1n) is 7.64. The van der Waals surface area contributed by atoms with E-state index in [1.165, 1.54) is 31.9 Å². The van der Waals surface area contributed by atoms with Gasteiger partial charge in [-0.2, -0.15) is 10.2 Å². The van der Waals surface area contributed by atoms with E-state index in [1.54, 1.807) is 13.8 Å². The zero-order valence-electron chi connectivity index (χ0n) is 13.2. The Bertz CT molecular complexity index is 434. The second-order valence-corrected chi connectivity index (χ2v) is 5.71. The van der Waals surface area contributed by atoms with Crippen LogP contribution in [0.3, 0.4) is 0 Å². The van der Waals surface area contributed by atoms with Crippen LogP contribution in [0.15, 0.2) is 29.2 Å². The maximum Gasteiger partial charge on any atom is 0.114 e. The molecule has 0 spiro atoms. The number of aliphatic hydroxyl groups is 1. The molecule has 6 heteroatoms. The highest BCUT2D eigenvalue weighted by Gasteiger charge is 2.19. The lowest BCUT2D eigenvalue weighted by Crippen LogP contribution is -2.15. The Morgan fingerprint density at radius 1 is 1.24 bits per heavy atom. The van der Waals surface area contributed by atoms with Gasteiger partial charge in [0.05, 0.1) is 12.7 Å². The third-order valence-corrected chi connectivity index (χ3v) is 3.22. The van der Waals surface area contributed by atoms with Gasteiger partial charge in [0.2, 0.25) is 0 Å². The van der Waals surface area contributed by atoms with Crippen LogP contribution in [0.5, 0.6) is 0 Å². The predicted molar refractivity (Wildman–Crippen MR) is 82.9 cm³/mol. The van der Waals surface area contributed by atoms with Gasteiger partial charge in [-0.3, -0.25) is 4.68 Å². The maximum atomic E-state index is 9.81. The zero-order valence-corrected chi connectivity index (χ0v) is 13.2. The molecule has 0 atom stereocenters. The molecule has 1 N–H and O–H groups in total. The number of nitrogens with zero attached hydrogens (tertiary/aromatic N) is 5. The van der Waals surface area contributed by atoms with E-state index in [4.69, 9.17) is 0 Å². The van der Waals surface area contributed by atoms with E-state index >= 15 is 0 Å². The van der Waals surface area contributed by atoms with E-state index in [1.807, 2.05) is 10.9 Å². The maximum absolute atomic E-state index is 9.81. The molecule has 1 heterocycles. The van der Waals surface area contributed by atoms with Gasteiger partial charge in [0.25, 0.3) is 0 Å². The van der Waals surface area contributed by atoms with Gasteiger partial charge in [0.15, 0.2) is 0 Å². The third kappa shape index (κ3) is 7.70. The summed E-state index contributed by atoms with van der Waals surface area (Å²) in [4.78, 5) is 0.